The van der Waals surface area contributed by atoms with Gasteiger partial charge in [-0.05, 0) is 39.0 Å². The van der Waals surface area contributed by atoms with Crippen LogP contribution >= 0.6 is 34.5 Å². The number of nitrogens with zero attached hydrogens (tertiary/aromatic N) is 6. The molecule has 5 rings (SSSR count). The fourth-order valence-electron chi connectivity index (χ4n) is 6.42. The number of carbonyl (C=O) groups is 2. The molecule has 2 aliphatic heterocycles. The molecule has 250 valence electrons. The van der Waals surface area contributed by atoms with Crippen LogP contribution in [0.3, 0.4) is 0 Å². The average Bonchev–Trinajstić information content (AvgIpc) is 3.63. The van der Waals surface area contributed by atoms with Crippen LogP contribution in [0, 0.1) is 12.8 Å². The third-order valence-corrected chi connectivity index (χ3v) is 11.1. The molecule has 0 amide bonds. The van der Waals surface area contributed by atoms with E-state index in [-0.39, 0.29) is 35.9 Å². The first-order valence-corrected chi connectivity index (χ1v) is 17.6. The van der Waals surface area contributed by atoms with Crippen LogP contribution in [0.15, 0.2) is 12.4 Å². The van der Waals surface area contributed by atoms with Gasteiger partial charge in [0.15, 0.2) is 10.9 Å². The summed E-state index contributed by atoms with van der Waals surface area (Å²) >= 11 is 13.8. The molecule has 11 nitrogen and oxygen atoms in total. The fourth-order valence-corrected chi connectivity index (χ4v) is 7.86. The molecule has 3 aromatic heterocycles. The summed E-state index contributed by atoms with van der Waals surface area (Å²) in [5, 5.41) is 1.30. The van der Waals surface area contributed by atoms with Gasteiger partial charge in [0.05, 0.1) is 35.1 Å². The smallest absolute Gasteiger partial charge is 0.350 e. The summed E-state index contributed by atoms with van der Waals surface area (Å²) in [6, 6.07) is 0.621. The van der Waals surface area contributed by atoms with Crippen molar-refractivity contribution < 1.29 is 19.1 Å². The third-order valence-electron chi connectivity index (χ3n) is 9.10. The molecule has 0 spiro atoms. The number of rotatable bonds is 12. The Morgan fingerprint density at radius 1 is 1.04 bits per heavy atom. The standard InChI is InChI=1S/C32H43Cl2N7O4S/c1-6-21(7-2)39-11-13-40(14-12-39)25-17-35-22(16-36-25)28-30(31(43)45-8-3)46-32(38-28)41-10-9-20(24(18-41)44-5)15-23(42)29-27(34)26(33)19(4)37-29/h16-17,20-21,24,37H,6-15,18H2,1-5H3/t20-,24-/m0/s1. The molecule has 46 heavy (non-hydrogen) atoms. The lowest BCUT2D eigenvalue weighted by Crippen LogP contribution is -2.50. The van der Waals surface area contributed by atoms with Gasteiger partial charge < -0.3 is 24.3 Å². The van der Waals surface area contributed by atoms with E-state index in [0.717, 1.165) is 44.8 Å². The zero-order chi connectivity index (χ0) is 33.0. The lowest BCUT2D eigenvalue weighted by molar-refractivity contribution is 0.0375. The number of anilines is 2. The maximum atomic E-state index is 13.1. The quantitative estimate of drug-likeness (QED) is 0.175. The lowest BCUT2D eigenvalue weighted by Gasteiger charge is -2.39. The van der Waals surface area contributed by atoms with E-state index < -0.39 is 5.97 Å². The molecule has 2 saturated heterocycles. The van der Waals surface area contributed by atoms with Crippen molar-refractivity contribution >= 4 is 57.2 Å². The van der Waals surface area contributed by atoms with Gasteiger partial charge in [-0.1, -0.05) is 48.4 Å². The van der Waals surface area contributed by atoms with Gasteiger partial charge in [0, 0.05) is 64.5 Å². The van der Waals surface area contributed by atoms with Gasteiger partial charge >= 0.3 is 5.97 Å². The van der Waals surface area contributed by atoms with Gasteiger partial charge in [0.1, 0.15) is 27.8 Å². The van der Waals surface area contributed by atoms with Crippen molar-refractivity contribution in [1.29, 1.82) is 0 Å². The van der Waals surface area contributed by atoms with Gasteiger partial charge in [0.2, 0.25) is 0 Å². The second kappa shape index (κ2) is 15.4. The number of Topliss-reactive ketones (excluding diaryl/α,β-unsaturated/α-hetero) is 1. The van der Waals surface area contributed by atoms with E-state index >= 15 is 0 Å². The Morgan fingerprint density at radius 2 is 1.78 bits per heavy atom. The highest BCUT2D eigenvalue weighted by Gasteiger charge is 2.35. The third kappa shape index (κ3) is 7.36. The van der Waals surface area contributed by atoms with E-state index in [9.17, 15) is 9.59 Å². The number of aromatic amines is 1. The number of ether oxygens (including phenoxy) is 2. The number of esters is 1. The van der Waals surface area contributed by atoms with Gasteiger partial charge in [0.25, 0.3) is 0 Å². The van der Waals surface area contributed by atoms with Crippen molar-refractivity contribution in [2.75, 3.05) is 62.8 Å². The molecule has 2 atom stereocenters. The van der Waals surface area contributed by atoms with Crippen LogP contribution < -0.4 is 9.80 Å². The van der Waals surface area contributed by atoms with Gasteiger partial charge in [-0.15, -0.1) is 0 Å². The summed E-state index contributed by atoms with van der Waals surface area (Å²) in [6.07, 6.45) is 6.51. The van der Waals surface area contributed by atoms with Crippen LogP contribution in [0.25, 0.3) is 11.4 Å². The zero-order valence-electron chi connectivity index (χ0n) is 27.1. The first kappa shape index (κ1) is 34.6. The predicted molar refractivity (Wildman–Crippen MR) is 183 cm³/mol. The first-order chi connectivity index (χ1) is 22.2. The minimum atomic E-state index is -0.440. The minimum absolute atomic E-state index is 0.0220. The Labute approximate surface area is 284 Å². The molecule has 14 heteroatoms. The van der Waals surface area contributed by atoms with Crippen LogP contribution in [-0.4, -0.2) is 102 Å². The summed E-state index contributed by atoms with van der Waals surface area (Å²) in [4.78, 5) is 50.8. The number of carbonyl (C=O) groups excluding carboxylic acids is 2. The highest BCUT2D eigenvalue weighted by molar-refractivity contribution is 7.17. The molecule has 0 radical (unpaired) electrons. The van der Waals surface area contributed by atoms with Crippen LogP contribution in [0.5, 0.6) is 0 Å². The fraction of sp³-hybridized carbons (Fsp3) is 0.594. The molecule has 2 fully saturated rings. The predicted octanol–water partition coefficient (Wildman–Crippen LogP) is 6.15. The zero-order valence-corrected chi connectivity index (χ0v) is 29.5. The van der Waals surface area contributed by atoms with E-state index in [4.69, 9.17) is 47.6 Å². The molecule has 0 bridgehead atoms. The molecule has 0 aliphatic carbocycles. The molecule has 5 heterocycles. The first-order valence-electron chi connectivity index (χ1n) is 16.0. The van der Waals surface area contributed by atoms with E-state index in [1.54, 1.807) is 33.4 Å². The van der Waals surface area contributed by atoms with Crippen LogP contribution in [0.4, 0.5) is 10.9 Å². The number of hydrogen-bond donors (Lipinski definition) is 1. The number of piperazine rings is 1. The minimum Gasteiger partial charge on any atom is -0.462 e. The molecular weight excluding hydrogens is 649 g/mol. The number of aromatic nitrogens is 4. The second-order valence-corrected chi connectivity index (χ2v) is 13.5. The van der Waals surface area contributed by atoms with E-state index in [2.05, 4.69) is 33.5 Å². The molecule has 1 N–H and O–H groups in total. The SMILES string of the molecule is CCOC(=O)c1sc(N2CC[C@@H](CC(=O)c3[nH]c(C)c(Cl)c3Cl)[C@@H](OC)C2)nc1-c1cnc(N2CCN(C(CC)CC)CC2)cn1. The highest BCUT2D eigenvalue weighted by Crippen LogP contribution is 2.37. The van der Waals surface area contributed by atoms with Crippen molar-refractivity contribution in [3.05, 3.63) is 38.7 Å². The topological polar surface area (TPSA) is 117 Å². The number of piperidine rings is 1. The summed E-state index contributed by atoms with van der Waals surface area (Å²) in [5.74, 6) is 0.256. The van der Waals surface area contributed by atoms with Crippen molar-refractivity contribution in [2.45, 2.75) is 65.5 Å². The summed E-state index contributed by atoms with van der Waals surface area (Å²) in [5.41, 5.74) is 1.97. The molecule has 0 aromatic carbocycles. The maximum absolute atomic E-state index is 13.1. The Kier molecular flexibility index (Phi) is 11.6. The second-order valence-electron chi connectivity index (χ2n) is 11.8. The Morgan fingerprint density at radius 3 is 2.37 bits per heavy atom. The normalized spacial score (nSPS) is 19.2. The molecule has 0 saturated carbocycles. The van der Waals surface area contributed by atoms with Crippen molar-refractivity contribution in [3.8, 4) is 11.4 Å². The Balaban J connectivity index is 1.30. The number of nitrogens with one attached hydrogen (secondary N) is 1. The largest absolute Gasteiger partial charge is 0.462 e. The van der Waals surface area contributed by atoms with E-state index in [1.807, 2.05) is 0 Å². The monoisotopic (exact) mass is 691 g/mol. The van der Waals surface area contributed by atoms with Gasteiger partial charge in [-0.25, -0.2) is 19.7 Å². The van der Waals surface area contributed by atoms with Crippen molar-refractivity contribution in [1.82, 2.24) is 24.8 Å². The van der Waals surface area contributed by atoms with Crippen molar-refractivity contribution in [3.63, 3.8) is 0 Å². The van der Waals surface area contributed by atoms with Gasteiger partial charge in [-0.3, -0.25) is 9.69 Å². The number of ketones is 1. The van der Waals surface area contributed by atoms with Crippen molar-refractivity contribution in [2.24, 2.45) is 5.92 Å². The van der Waals surface area contributed by atoms with E-state index in [1.165, 1.54) is 11.3 Å². The number of H-pyrrole nitrogens is 1. The molecule has 0 unspecified atom stereocenters. The number of methoxy groups -OCH3 is 1. The van der Waals surface area contributed by atoms with Crippen LogP contribution in [0.2, 0.25) is 10.0 Å². The lowest BCUT2D eigenvalue weighted by atomic mass is 9.88. The summed E-state index contributed by atoms with van der Waals surface area (Å²) < 4.78 is 11.2. The molecule has 3 aromatic rings. The van der Waals surface area contributed by atoms with Crippen LogP contribution in [-0.2, 0) is 9.47 Å². The highest BCUT2D eigenvalue weighted by atomic mass is 35.5. The number of hydrogen-bond acceptors (Lipinski definition) is 11. The number of aryl methyl sites for hydroxylation is 1. The molecule has 2 aliphatic rings. The average molecular weight is 693 g/mol. The Hall–Kier alpha value is -2.77. The maximum Gasteiger partial charge on any atom is 0.350 e. The van der Waals surface area contributed by atoms with E-state index in [0.29, 0.717) is 63.4 Å². The summed E-state index contributed by atoms with van der Waals surface area (Å²) in [7, 11) is 1.65. The summed E-state index contributed by atoms with van der Waals surface area (Å²) in [6.45, 7) is 13.2. The number of halogens is 2. The Bertz CT molecular complexity index is 1500. The van der Waals surface area contributed by atoms with Crippen LogP contribution in [0.1, 0.15) is 72.3 Å². The molecular formula is C32H43Cl2N7O4S. The number of thiazole rings is 1. The van der Waals surface area contributed by atoms with Gasteiger partial charge in [-0.2, -0.15) is 0 Å².